The molecule has 0 fully saturated rings. The molecule has 2 rings (SSSR count). The van der Waals surface area contributed by atoms with Crippen molar-refractivity contribution in [2.45, 2.75) is 0 Å². The maximum absolute atomic E-state index is 10.9. The summed E-state index contributed by atoms with van der Waals surface area (Å²) in [5.74, 6) is 0. The lowest BCUT2D eigenvalue weighted by molar-refractivity contribution is 0.680. The fraction of sp³-hybridized carbons (Fsp3) is 0. The fourth-order valence-corrected chi connectivity index (χ4v) is 1.44. The number of rotatable bonds is 0. The second-order valence-corrected chi connectivity index (χ2v) is 2.78. The zero-order valence-corrected chi connectivity index (χ0v) is 6.10. The van der Waals surface area contributed by atoms with E-state index in [4.69, 9.17) is 3.85 Å². The molecule has 1 N–H and O–H groups in total. The molecule has 56 valence electrons. The van der Waals surface area contributed by atoms with Gasteiger partial charge in [-0.2, -0.15) is 0 Å². The zero-order valence-electron chi connectivity index (χ0n) is 5.29. The Kier molecular flexibility index (Phi) is 1.19. The topological polar surface area (TPSA) is 63.1 Å². The molecule has 0 spiro atoms. The van der Waals surface area contributed by atoms with Crippen LogP contribution < -0.4 is 11.1 Å². The van der Waals surface area contributed by atoms with E-state index in [9.17, 15) is 9.59 Å². The largest absolute Gasteiger partial charge is 0.409 e. The summed E-state index contributed by atoms with van der Waals surface area (Å²) in [6.07, 6.45) is 1.38. The van der Waals surface area contributed by atoms with E-state index in [0.717, 1.165) is 11.6 Å². The van der Waals surface area contributed by atoms with Gasteiger partial charge < -0.3 is 3.85 Å². The molecular weight excluding hydrogens is 166 g/mol. The second kappa shape index (κ2) is 2.06. The van der Waals surface area contributed by atoms with E-state index >= 15 is 0 Å². The van der Waals surface area contributed by atoms with Crippen LogP contribution in [0, 0.1) is 9.75 Å². The van der Waals surface area contributed by atoms with Crippen molar-refractivity contribution in [1.82, 2.24) is 4.98 Å². The third-order valence-electron chi connectivity index (χ3n) is 1.34. The normalized spacial score (nSPS) is 10.5. The number of H-pyrrole nitrogens is 1. The molecular formula is C6H3NO3S. The second-order valence-electron chi connectivity index (χ2n) is 2.01. The first-order chi connectivity index (χ1) is 5.29. The van der Waals surface area contributed by atoms with Crippen LogP contribution in [0.15, 0.2) is 25.8 Å². The van der Waals surface area contributed by atoms with Crippen LogP contribution in [0.1, 0.15) is 0 Å². The summed E-state index contributed by atoms with van der Waals surface area (Å²) >= 11 is 0.906. The summed E-state index contributed by atoms with van der Waals surface area (Å²) in [6.45, 7) is 0. The Balaban J connectivity index is 3.33. The molecule has 0 unspecified atom stereocenters. The lowest BCUT2D eigenvalue weighted by atomic mass is 10.5. The highest BCUT2D eigenvalue weighted by molar-refractivity contribution is 7.00. The van der Waals surface area contributed by atoms with Crippen LogP contribution in [0.5, 0.6) is 0 Å². The van der Waals surface area contributed by atoms with Gasteiger partial charge in [0.15, 0.2) is 0 Å². The Morgan fingerprint density at radius 1 is 1.36 bits per heavy atom. The van der Waals surface area contributed by atoms with Crippen molar-refractivity contribution in [2.24, 2.45) is 0 Å². The predicted molar refractivity (Wildman–Crippen MR) is 38.8 cm³/mol. The zero-order chi connectivity index (χ0) is 7.84. The standard InChI is InChI=1S/C6H3NO3S/c8-5-3-1-2-10-11-4(3)6(9)7-5/h1-2H,(H,7,8,9). The van der Waals surface area contributed by atoms with Crippen LogP contribution in [-0.4, -0.2) is 4.98 Å². The molecule has 0 saturated carbocycles. The van der Waals surface area contributed by atoms with Crippen LogP contribution >= 0.6 is 11.6 Å². The van der Waals surface area contributed by atoms with Crippen LogP contribution in [0.2, 0.25) is 0 Å². The fourth-order valence-electron chi connectivity index (χ4n) is 0.858. The molecule has 4 nitrogen and oxygen atoms in total. The molecule has 0 amide bonds. The average molecular weight is 169 g/mol. The van der Waals surface area contributed by atoms with Gasteiger partial charge in [0, 0.05) is 11.6 Å². The average Bonchev–Trinajstić information content (AvgIpc) is 2.30. The van der Waals surface area contributed by atoms with Crippen molar-refractivity contribution >= 4 is 11.6 Å². The summed E-state index contributed by atoms with van der Waals surface area (Å²) in [6, 6.07) is 1.48. The molecule has 5 heteroatoms. The Morgan fingerprint density at radius 2 is 2.18 bits per heavy atom. The van der Waals surface area contributed by atoms with Gasteiger partial charge in [-0.15, -0.1) is 0 Å². The summed E-state index contributed by atoms with van der Waals surface area (Å²) in [7, 11) is 0. The molecule has 0 saturated heterocycles. The maximum atomic E-state index is 10.9. The maximum Gasteiger partial charge on any atom is 0.272 e. The van der Waals surface area contributed by atoms with Gasteiger partial charge in [-0.25, -0.2) is 0 Å². The van der Waals surface area contributed by atoms with Gasteiger partial charge in [-0.1, -0.05) is 0 Å². The number of hydrogen-bond acceptors (Lipinski definition) is 4. The van der Waals surface area contributed by atoms with E-state index in [1.807, 2.05) is 0 Å². The van der Waals surface area contributed by atoms with Crippen molar-refractivity contribution in [3.8, 4) is 0 Å². The van der Waals surface area contributed by atoms with Gasteiger partial charge >= 0.3 is 0 Å². The van der Waals surface area contributed by atoms with Crippen molar-refractivity contribution < 1.29 is 3.85 Å². The molecule has 0 aromatic rings. The molecule has 0 aromatic carbocycles. The highest BCUT2D eigenvalue weighted by atomic mass is 32.1. The minimum absolute atomic E-state index is 0.345. The van der Waals surface area contributed by atoms with Crippen molar-refractivity contribution in [3.05, 3.63) is 42.8 Å². The van der Waals surface area contributed by atoms with E-state index in [0.29, 0.717) is 9.75 Å². The third kappa shape index (κ3) is 0.813. The highest BCUT2D eigenvalue weighted by Gasteiger charge is 2.00. The molecule has 2 aliphatic heterocycles. The van der Waals surface area contributed by atoms with Gasteiger partial charge in [0.05, 0.1) is 5.22 Å². The van der Waals surface area contributed by atoms with Gasteiger partial charge in [-0.05, 0) is 6.07 Å². The summed E-state index contributed by atoms with van der Waals surface area (Å²) in [5, 5.41) is 0.395. The quantitative estimate of drug-likeness (QED) is 0.609. The van der Waals surface area contributed by atoms with Crippen LogP contribution in [0.3, 0.4) is 0 Å². The highest BCUT2D eigenvalue weighted by Crippen LogP contribution is 1.95. The minimum atomic E-state index is -0.376. The Hall–Kier alpha value is -1.36. The van der Waals surface area contributed by atoms with Gasteiger partial charge in [0.2, 0.25) is 0 Å². The first-order valence-corrected chi connectivity index (χ1v) is 3.63. The number of hydrogen-bond donors (Lipinski definition) is 1. The minimum Gasteiger partial charge on any atom is -0.409 e. The monoisotopic (exact) mass is 169 g/mol. The Morgan fingerprint density at radius 3 is 2.91 bits per heavy atom. The number of aromatic amines is 1. The Bertz CT molecular complexity index is 487. The summed E-state index contributed by atoms with van der Waals surface area (Å²) in [5.41, 5.74) is -0.726. The molecule has 2 aliphatic rings. The van der Waals surface area contributed by atoms with Gasteiger partial charge in [0.25, 0.3) is 11.1 Å². The first kappa shape index (κ1) is 6.36. The van der Waals surface area contributed by atoms with Crippen LogP contribution in [0.4, 0.5) is 0 Å². The van der Waals surface area contributed by atoms with E-state index in [1.54, 1.807) is 0 Å². The molecule has 0 aromatic heterocycles. The molecule has 0 atom stereocenters. The van der Waals surface area contributed by atoms with Crippen molar-refractivity contribution in [2.75, 3.05) is 0 Å². The molecule has 2 heterocycles. The van der Waals surface area contributed by atoms with Crippen molar-refractivity contribution in [1.29, 1.82) is 0 Å². The SMILES string of the molecule is O=c1[nH]c(=O)c2soccc1=2. The van der Waals surface area contributed by atoms with E-state index < -0.39 is 0 Å². The van der Waals surface area contributed by atoms with Gasteiger partial charge in [-0.3, -0.25) is 14.6 Å². The lowest BCUT2D eigenvalue weighted by Gasteiger charge is -1.75. The lowest BCUT2D eigenvalue weighted by Crippen LogP contribution is -2.07. The number of aromatic nitrogens is 1. The molecule has 0 radical (unpaired) electrons. The van der Waals surface area contributed by atoms with Crippen LogP contribution in [-0.2, 0) is 0 Å². The molecule has 0 bridgehead atoms. The van der Waals surface area contributed by atoms with Gasteiger partial charge in [0.1, 0.15) is 10.8 Å². The van der Waals surface area contributed by atoms with Crippen LogP contribution in [0.25, 0.3) is 0 Å². The summed E-state index contributed by atoms with van der Waals surface area (Å²) in [4.78, 5) is 24.0. The Labute approximate surface area is 64.0 Å². The smallest absolute Gasteiger partial charge is 0.272 e. The molecule has 11 heavy (non-hydrogen) atoms. The van der Waals surface area contributed by atoms with E-state index in [2.05, 4.69) is 4.98 Å². The van der Waals surface area contributed by atoms with E-state index in [1.165, 1.54) is 12.3 Å². The number of nitrogens with one attached hydrogen (secondary N) is 1. The van der Waals surface area contributed by atoms with Crippen molar-refractivity contribution in [3.63, 3.8) is 0 Å². The summed E-state index contributed by atoms with van der Waals surface area (Å²) < 4.78 is 5.11. The third-order valence-corrected chi connectivity index (χ3v) is 2.12. The first-order valence-electron chi connectivity index (χ1n) is 2.89. The molecule has 0 aliphatic carbocycles. The predicted octanol–water partition coefficient (Wildman–Crippen LogP) is 0.114. The van der Waals surface area contributed by atoms with E-state index in [-0.39, 0.29) is 11.1 Å².